The van der Waals surface area contributed by atoms with E-state index in [-0.39, 0.29) is 17.1 Å². The summed E-state index contributed by atoms with van der Waals surface area (Å²) in [6.45, 7) is 1.63. The van der Waals surface area contributed by atoms with Gasteiger partial charge in [0, 0.05) is 12.3 Å². The van der Waals surface area contributed by atoms with E-state index >= 15 is 0 Å². The van der Waals surface area contributed by atoms with Gasteiger partial charge in [-0.05, 0) is 13.0 Å². The Morgan fingerprint density at radius 3 is 2.50 bits per heavy atom. The third kappa shape index (κ3) is 2.50. The topological polar surface area (TPSA) is 111 Å². The van der Waals surface area contributed by atoms with Crippen LogP contribution in [0.1, 0.15) is 6.92 Å². The van der Waals surface area contributed by atoms with Crippen molar-refractivity contribution in [3.8, 4) is 0 Å². The van der Waals surface area contributed by atoms with Gasteiger partial charge >= 0.3 is 5.69 Å². The minimum atomic E-state index is -0.708. The molecule has 0 amide bonds. The molecule has 0 atom stereocenters. The average molecular weight is 224 g/mol. The van der Waals surface area contributed by atoms with Crippen molar-refractivity contribution in [2.24, 2.45) is 5.10 Å². The minimum absolute atomic E-state index is 0.105. The number of anilines is 1. The summed E-state index contributed by atoms with van der Waals surface area (Å²) >= 11 is 0. The Morgan fingerprint density at radius 1 is 1.31 bits per heavy atom. The molecule has 0 saturated carbocycles. The van der Waals surface area contributed by atoms with Crippen molar-refractivity contribution in [3.63, 3.8) is 0 Å². The molecule has 0 fully saturated rings. The van der Waals surface area contributed by atoms with Crippen LogP contribution in [0.3, 0.4) is 0 Å². The van der Waals surface area contributed by atoms with Crippen molar-refractivity contribution in [1.82, 2.24) is 0 Å². The molecule has 0 aliphatic carbocycles. The number of rotatable bonds is 4. The fourth-order valence-electron chi connectivity index (χ4n) is 1.01. The molecule has 8 heteroatoms. The van der Waals surface area contributed by atoms with Crippen molar-refractivity contribution in [2.45, 2.75) is 6.92 Å². The molecule has 0 saturated heterocycles. The van der Waals surface area contributed by atoms with Gasteiger partial charge < -0.3 is 0 Å². The summed E-state index contributed by atoms with van der Waals surface area (Å²) in [5.74, 6) is 0. The number of non-ortho nitro benzene ring substituents is 1. The summed E-state index contributed by atoms with van der Waals surface area (Å²) in [5.41, 5.74) is 1.80. The van der Waals surface area contributed by atoms with Crippen molar-refractivity contribution < 1.29 is 9.85 Å². The average Bonchev–Trinajstić information content (AvgIpc) is 2.25. The smallest absolute Gasteiger partial charge is 0.272 e. The molecule has 0 aromatic heterocycles. The third-order valence-electron chi connectivity index (χ3n) is 1.70. The van der Waals surface area contributed by atoms with Crippen molar-refractivity contribution in [2.75, 3.05) is 5.43 Å². The van der Waals surface area contributed by atoms with Gasteiger partial charge in [0.05, 0.1) is 15.9 Å². The van der Waals surface area contributed by atoms with E-state index in [1.54, 1.807) is 6.92 Å². The molecule has 1 rings (SSSR count). The second-order valence-electron chi connectivity index (χ2n) is 2.71. The summed E-state index contributed by atoms with van der Waals surface area (Å²) in [6, 6.07) is 3.29. The molecule has 0 aliphatic heterocycles. The fourth-order valence-corrected chi connectivity index (χ4v) is 1.01. The first-order valence-corrected chi connectivity index (χ1v) is 4.22. The molecule has 0 heterocycles. The summed E-state index contributed by atoms with van der Waals surface area (Å²) in [4.78, 5) is 19.7. The Kier molecular flexibility index (Phi) is 3.49. The molecule has 0 radical (unpaired) electrons. The SMILES string of the molecule is C/C=N\Nc1ccc([N+](=O)[O-])cc1[N+](=O)[O-]. The van der Waals surface area contributed by atoms with Gasteiger partial charge in [0.15, 0.2) is 0 Å². The highest BCUT2D eigenvalue weighted by atomic mass is 16.6. The molecule has 1 aromatic rings. The maximum absolute atomic E-state index is 10.7. The lowest BCUT2D eigenvalue weighted by atomic mass is 10.2. The zero-order chi connectivity index (χ0) is 12.1. The Hall–Kier alpha value is -2.51. The predicted octanol–water partition coefficient (Wildman–Crippen LogP) is 1.92. The Labute approximate surface area is 89.9 Å². The van der Waals surface area contributed by atoms with Gasteiger partial charge in [-0.1, -0.05) is 0 Å². The second kappa shape index (κ2) is 4.82. The zero-order valence-electron chi connectivity index (χ0n) is 8.28. The normalized spacial score (nSPS) is 10.3. The highest BCUT2D eigenvalue weighted by Crippen LogP contribution is 2.28. The van der Waals surface area contributed by atoms with Crippen LogP contribution in [0.2, 0.25) is 0 Å². The van der Waals surface area contributed by atoms with E-state index in [4.69, 9.17) is 0 Å². The van der Waals surface area contributed by atoms with E-state index in [2.05, 4.69) is 10.5 Å². The second-order valence-corrected chi connectivity index (χ2v) is 2.71. The lowest BCUT2D eigenvalue weighted by Crippen LogP contribution is -1.98. The van der Waals surface area contributed by atoms with Crippen LogP contribution in [0.15, 0.2) is 23.3 Å². The number of benzene rings is 1. The largest absolute Gasteiger partial charge is 0.301 e. The number of nitrogens with one attached hydrogen (secondary N) is 1. The van der Waals surface area contributed by atoms with Crippen LogP contribution in [0.4, 0.5) is 17.1 Å². The number of hydrazone groups is 1. The molecule has 0 unspecified atom stereocenters. The van der Waals surface area contributed by atoms with Crippen molar-refractivity contribution in [3.05, 3.63) is 38.4 Å². The molecular formula is C8H8N4O4. The van der Waals surface area contributed by atoms with Gasteiger partial charge in [-0.3, -0.25) is 25.7 Å². The lowest BCUT2D eigenvalue weighted by molar-refractivity contribution is -0.393. The summed E-state index contributed by atoms with van der Waals surface area (Å²) < 4.78 is 0. The van der Waals surface area contributed by atoms with E-state index in [1.807, 2.05) is 0 Å². The Balaban J connectivity index is 3.19. The van der Waals surface area contributed by atoms with Crippen LogP contribution in [0, 0.1) is 20.2 Å². The molecular weight excluding hydrogens is 216 g/mol. The maximum atomic E-state index is 10.7. The third-order valence-corrected chi connectivity index (χ3v) is 1.70. The van der Waals surface area contributed by atoms with E-state index in [0.717, 1.165) is 6.07 Å². The summed E-state index contributed by atoms with van der Waals surface area (Å²) in [6.07, 6.45) is 1.41. The zero-order valence-corrected chi connectivity index (χ0v) is 8.28. The summed E-state index contributed by atoms with van der Waals surface area (Å²) in [7, 11) is 0. The van der Waals surface area contributed by atoms with Crippen LogP contribution in [-0.2, 0) is 0 Å². The van der Waals surface area contributed by atoms with Crippen LogP contribution < -0.4 is 5.43 Å². The number of nitrogens with zero attached hydrogens (tertiary/aromatic N) is 3. The highest BCUT2D eigenvalue weighted by molar-refractivity contribution is 5.66. The molecule has 16 heavy (non-hydrogen) atoms. The van der Waals surface area contributed by atoms with Crippen LogP contribution >= 0.6 is 0 Å². The van der Waals surface area contributed by atoms with E-state index < -0.39 is 9.85 Å². The predicted molar refractivity (Wildman–Crippen MR) is 57.5 cm³/mol. The van der Waals surface area contributed by atoms with Crippen molar-refractivity contribution in [1.29, 1.82) is 0 Å². The van der Waals surface area contributed by atoms with E-state index in [0.29, 0.717) is 0 Å². The molecule has 0 spiro atoms. The Bertz CT molecular complexity index is 457. The number of hydrogen-bond acceptors (Lipinski definition) is 6. The van der Waals surface area contributed by atoms with Gasteiger partial charge in [-0.25, -0.2) is 0 Å². The van der Waals surface area contributed by atoms with E-state index in [1.165, 1.54) is 18.3 Å². The van der Waals surface area contributed by atoms with Gasteiger partial charge in [0.25, 0.3) is 5.69 Å². The maximum Gasteiger partial charge on any atom is 0.301 e. The first-order valence-electron chi connectivity index (χ1n) is 4.22. The minimum Gasteiger partial charge on any atom is -0.272 e. The van der Waals surface area contributed by atoms with Gasteiger partial charge in [-0.15, -0.1) is 0 Å². The highest BCUT2D eigenvalue weighted by Gasteiger charge is 2.18. The van der Waals surface area contributed by atoms with Crippen LogP contribution in [0.5, 0.6) is 0 Å². The summed E-state index contributed by atoms with van der Waals surface area (Å²) in [5, 5.41) is 24.7. The van der Waals surface area contributed by atoms with E-state index in [9.17, 15) is 20.2 Å². The number of nitro benzene ring substituents is 2. The molecule has 1 aromatic carbocycles. The first kappa shape index (κ1) is 11.6. The molecule has 84 valence electrons. The number of hydrogen-bond donors (Lipinski definition) is 1. The quantitative estimate of drug-likeness (QED) is 0.477. The standard InChI is InChI=1S/C8H8N4O4/c1-2-9-10-7-4-3-6(11(13)14)5-8(7)12(15)16/h2-5,10H,1H3/b9-2-. The van der Waals surface area contributed by atoms with Gasteiger partial charge in [0.2, 0.25) is 0 Å². The molecule has 0 aliphatic rings. The first-order chi connectivity index (χ1) is 7.56. The monoisotopic (exact) mass is 224 g/mol. The lowest BCUT2D eigenvalue weighted by Gasteiger charge is -2.01. The molecule has 1 N–H and O–H groups in total. The Morgan fingerprint density at radius 2 is 2.00 bits per heavy atom. The van der Waals surface area contributed by atoms with Crippen LogP contribution in [0.25, 0.3) is 0 Å². The van der Waals surface area contributed by atoms with Gasteiger partial charge in [-0.2, -0.15) is 5.10 Å². The molecule has 0 bridgehead atoms. The van der Waals surface area contributed by atoms with Crippen molar-refractivity contribution >= 4 is 23.3 Å². The van der Waals surface area contributed by atoms with Crippen LogP contribution in [-0.4, -0.2) is 16.1 Å². The fraction of sp³-hybridized carbons (Fsp3) is 0.125. The molecule has 8 nitrogen and oxygen atoms in total. The van der Waals surface area contributed by atoms with Gasteiger partial charge in [0.1, 0.15) is 5.69 Å². The number of nitro groups is 2.